The van der Waals surface area contributed by atoms with Crippen molar-refractivity contribution in [3.05, 3.63) is 0 Å². The molecule has 88 valence electrons. The number of rotatable bonds is 7. The minimum Gasteiger partial charge on any atom is -0.481 e. The monoisotopic (exact) mass is 216 g/mol. The lowest BCUT2D eigenvalue weighted by Gasteiger charge is -2.15. The van der Waals surface area contributed by atoms with Crippen LogP contribution in [0.1, 0.15) is 39.5 Å². The first-order valence-electron chi connectivity index (χ1n) is 5.36. The van der Waals surface area contributed by atoms with Crippen LogP contribution in [0.5, 0.6) is 0 Å². The summed E-state index contributed by atoms with van der Waals surface area (Å²) in [5.74, 6) is -0.893. The Balaban J connectivity index is 3.75. The van der Waals surface area contributed by atoms with E-state index in [0.29, 0.717) is 13.0 Å². The molecule has 5 nitrogen and oxygen atoms in total. The molecule has 0 aromatic heterocycles. The SMILES string of the molecule is CCCCNC(=O)NC(CC)CC(=O)O. The van der Waals surface area contributed by atoms with Crippen molar-refractivity contribution in [1.29, 1.82) is 0 Å². The van der Waals surface area contributed by atoms with Gasteiger partial charge in [-0.2, -0.15) is 0 Å². The summed E-state index contributed by atoms with van der Waals surface area (Å²) in [6.07, 6.45) is 2.54. The maximum absolute atomic E-state index is 11.3. The highest BCUT2D eigenvalue weighted by molar-refractivity contribution is 5.75. The second-order valence-electron chi connectivity index (χ2n) is 3.46. The highest BCUT2D eigenvalue weighted by Gasteiger charge is 2.13. The molecule has 0 rings (SSSR count). The average molecular weight is 216 g/mol. The molecule has 1 unspecified atom stereocenters. The topological polar surface area (TPSA) is 78.4 Å². The zero-order chi connectivity index (χ0) is 11.7. The Hall–Kier alpha value is -1.26. The third kappa shape index (κ3) is 7.78. The predicted octanol–water partition coefficient (Wildman–Crippen LogP) is 1.34. The van der Waals surface area contributed by atoms with Crippen LogP contribution in [0.4, 0.5) is 4.79 Å². The van der Waals surface area contributed by atoms with Gasteiger partial charge < -0.3 is 15.7 Å². The number of nitrogens with one attached hydrogen (secondary N) is 2. The van der Waals surface area contributed by atoms with Gasteiger partial charge in [0, 0.05) is 12.6 Å². The largest absolute Gasteiger partial charge is 0.481 e. The quantitative estimate of drug-likeness (QED) is 0.562. The Morgan fingerprint density at radius 1 is 1.33 bits per heavy atom. The van der Waals surface area contributed by atoms with Gasteiger partial charge in [-0.15, -0.1) is 0 Å². The fraction of sp³-hybridized carbons (Fsp3) is 0.800. The summed E-state index contributed by atoms with van der Waals surface area (Å²) in [6.45, 7) is 4.52. The summed E-state index contributed by atoms with van der Waals surface area (Å²) in [5.41, 5.74) is 0. The Morgan fingerprint density at radius 2 is 2.00 bits per heavy atom. The van der Waals surface area contributed by atoms with Gasteiger partial charge in [-0.05, 0) is 12.8 Å². The summed E-state index contributed by atoms with van der Waals surface area (Å²) in [5, 5.41) is 13.9. The van der Waals surface area contributed by atoms with Gasteiger partial charge in [-0.3, -0.25) is 4.79 Å². The Kier molecular flexibility index (Phi) is 7.40. The molecule has 0 bridgehead atoms. The molecule has 0 aromatic rings. The van der Waals surface area contributed by atoms with Gasteiger partial charge in [0.05, 0.1) is 6.42 Å². The lowest BCUT2D eigenvalue weighted by atomic mass is 10.1. The molecule has 0 spiro atoms. The zero-order valence-electron chi connectivity index (χ0n) is 9.38. The van der Waals surface area contributed by atoms with E-state index in [2.05, 4.69) is 10.6 Å². The summed E-state index contributed by atoms with van der Waals surface area (Å²) < 4.78 is 0. The van der Waals surface area contributed by atoms with Crippen molar-refractivity contribution in [2.75, 3.05) is 6.54 Å². The summed E-state index contributed by atoms with van der Waals surface area (Å²) in [6, 6.07) is -0.569. The van der Waals surface area contributed by atoms with E-state index in [1.807, 2.05) is 13.8 Å². The van der Waals surface area contributed by atoms with E-state index in [4.69, 9.17) is 5.11 Å². The molecule has 2 amide bonds. The molecule has 15 heavy (non-hydrogen) atoms. The van der Waals surface area contributed by atoms with Crippen molar-refractivity contribution in [2.24, 2.45) is 0 Å². The van der Waals surface area contributed by atoms with Crippen LogP contribution in [0.15, 0.2) is 0 Å². The van der Waals surface area contributed by atoms with E-state index in [-0.39, 0.29) is 18.5 Å². The molecule has 5 heteroatoms. The number of amides is 2. The van der Waals surface area contributed by atoms with E-state index in [1.165, 1.54) is 0 Å². The number of carboxylic acids is 1. The maximum Gasteiger partial charge on any atom is 0.315 e. The fourth-order valence-electron chi connectivity index (χ4n) is 1.12. The molecular formula is C10H20N2O3. The zero-order valence-corrected chi connectivity index (χ0v) is 9.38. The fourth-order valence-corrected chi connectivity index (χ4v) is 1.12. The smallest absolute Gasteiger partial charge is 0.315 e. The first-order chi connectivity index (χ1) is 7.10. The number of aliphatic carboxylic acids is 1. The molecule has 0 radical (unpaired) electrons. The highest BCUT2D eigenvalue weighted by atomic mass is 16.4. The Bertz CT molecular complexity index is 207. The Labute approximate surface area is 90.2 Å². The van der Waals surface area contributed by atoms with E-state index in [0.717, 1.165) is 12.8 Å². The van der Waals surface area contributed by atoms with Crippen molar-refractivity contribution < 1.29 is 14.7 Å². The molecule has 0 aliphatic heterocycles. The van der Waals surface area contributed by atoms with E-state index < -0.39 is 5.97 Å². The van der Waals surface area contributed by atoms with Crippen LogP contribution < -0.4 is 10.6 Å². The van der Waals surface area contributed by atoms with Crippen molar-refractivity contribution in [3.63, 3.8) is 0 Å². The van der Waals surface area contributed by atoms with Gasteiger partial charge in [-0.25, -0.2) is 4.79 Å². The van der Waals surface area contributed by atoms with E-state index in [1.54, 1.807) is 0 Å². The normalized spacial score (nSPS) is 11.9. The standard InChI is InChI=1S/C10H20N2O3/c1-3-5-6-11-10(15)12-8(4-2)7-9(13)14/h8H,3-7H2,1-2H3,(H,13,14)(H2,11,12,15). The third-order valence-corrected chi connectivity index (χ3v) is 2.06. The second kappa shape index (κ2) is 8.08. The predicted molar refractivity (Wildman–Crippen MR) is 57.8 cm³/mol. The minimum absolute atomic E-state index is 0.0301. The third-order valence-electron chi connectivity index (χ3n) is 2.06. The maximum atomic E-state index is 11.3. The molecule has 0 fully saturated rings. The highest BCUT2D eigenvalue weighted by Crippen LogP contribution is 1.97. The number of carboxylic acid groups (broad SMARTS) is 1. The van der Waals surface area contributed by atoms with Crippen molar-refractivity contribution >= 4 is 12.0 Å². The number of urea groups is 1. The van der Waals surface area contributed by atoms with Gasteiger partial charge in [0.1, 0.15) is 0 Å². The minimum atomic E-state index is -0.893. The van der Waals surface area contributed by atoms with Crippen LogP contribution in [0, 0.1) is 0 Å². The van der Waals surface area contributed by atoms with Gasteiger partial charge in [0.15, 0.2) is 0 Å². The summed E-state index contributed by atoms with van der Waals surface area (Å²) >= 11 is 0. The molecule has 0 saturated carbocycles. The lowest BCUT2D eigenvalue weighted by molar-refractivity contribution is -0.137. The summed E-state index contributed by atoms with van der Waals surface area (Å²) in [7, 11) is 0. The summed E-state index contributed by atoms with van der Waals surface area (Å²) in [4.78, 5) is 21.7. The van der Waals surface area contributed by atoms with Crippen LogP contribution in [0.2, 0.25) is 0 Å². The molecule has 0 aromatic carbocycles. The second-order valence-corrected chi connectivity index (χ2v) is 3.46. The number of hydrogen-bond acceptors (Lipinski definition) is 2. The van der Waals surface area contributed by atoms with Crippen molar-refractivity contribution in [1.82, 2.24) is 10.6 Å². The number of unbranched alkanes of at least 4 members (excludes halogenated alkanes) is 1. The van der Waals surface area contributed by atoms with E-state index >= 15 is 0 Å². The molecular weight excluding hydrogens is 196 g/mol. The molecule has 3 N–H and O–H groups in total. The molecule has 0 aliphatic carbocycles. The molecule has 0 saturated heterocycles. The van der Waals surface area contributed by atoms with Crippen LogP contribution in [0.3, 0.4) is 0 Å². The first kappa shape index (κ1) is 13.7. The number of carbonyl (C=O) groups is 2. The van der Waals surface area contributed by atoms with Gasteiger partial charge in [0.2, 0.25) is 0 Å². The van der Waals surface area contributed by atoms with Gasteiger partial charge in [-0.1, -0.05) is 20.3 Å². The number of hydrogen-bond donors (Lipinski definition) is 3. The molecule has 0 heterocycles. The van der Waals surface area contributed by atoms with Gasteiger partial charge >= 0.3 is 12.0 Å². The number of carbonyl (C=O) groups excluding carboxylic acids is 1. The Morgan fingerprint density at radius 3 is 2.47 bits per heavy atom. The van der Waals surface area contributed by atoms with Crippen LogP contribution in [-0.4, -0.2) is 29.7 Å². The van der Waals surface area contributed by atoms with Crippen molar-refractivity contribution in [2.45, 2.75) is 45.6 Å². The molecule has 1 atom stereocenters. The van der Waals surface area contributed by atoms with Crippen molar-refractivity contribution in [3.8, 4) is 0 Å². The van der Waals surface area contributed by atoms with Crippen LogP contribution in [0.25, 0.3) is 0 Å². The molecule has 0 aliphatic rings. The van der Waals surface area contributed by atoms with E-state index in [9.17, 15) is 9.59 Å². The van der Waals surface area contributed by atoms with Crippen LogP contribution >= 0.6 is 0 Å². The first-order valence-corrected chi connectivity index (χ1v) is 5.36. The lowest BCUT2D eigenvalue weighted by Crippen LogP contribution is -2.43. The van der Waals surface area contributed by atoms with Gasteiger partial charge in [0.25, 0.3) is 0 Å². The average Bonchev–Trinajstić information content (AvgIpc) is 2.16. The van der Waals surface area contributed by atoms with Crippen LogP contribution in [-0.2, 0) is 4.79 Å².